The van der Waals surface area contributed by atoms with Crippen molar-refractivity contribution in [2.45, 2.75) is 13.1 Å². The first-order valence-electron chi connectivity index (χ1n) is 12.5. The van der Waals surface area contributed by atoms with E-state index in [2.05, 4.69) is 57.2 Å². The van der Waals surface area contributed by atoms with Crippen molar-refractivity contribution in [3.63, 3.8) is 0 Å². The zero-order chi connectivity index (χ0) is 24.0. The van der Waals surface area contributed by atoms with Crippen LogP contribution < -0.4 is 4.90 Å². The molecule has 2 aliphatic rings. The van der Waals surface area contributed by atoms with Crippen molar-refractivity contribution in [2.75, 3.05) is 57.3 Å². The molecule has 2 fully saturated rings. The van der Waals surface area contributed by atoms with E-state index in [9.17, 15) is 9.18 Å². The third-order valence-electron chi connectivity index (χ3n) is 7.08. The van der Waals surface area contributed by atoms with E-state index in [0.29, 0.717) is 13.1 Å². The van der Waals surface area contributed by atoms with Gasteiger partial charge in [0.2, 0.25) is 0 Å². The Morgan fingerprint density at radius 3 is 1.74 bits per heavy atom. The lowest BCUT2D eigenvalue weighted by Gasteiger charge is -2.36. The number of piperazine rings is 2. The predicted octanol–water partition coefficient (Wildman–Crippen LogP) is 4.11. The Morgan fingerprint density at radius 2 is 1.17 bits per heavy atom. The summed E-state index contributed by atoms with van der Waals surface area (Å²) >= 11 is 0. The van der Waals surface area contributed by atoms with Gasteiger partial charge in [0.15, 0.2) is 0 Å². The fourth-order valence-electron chi connectivity index (χ4n) is 4.96. The molecular weight excluding hydrogens is 439 g/mol. The molecule has 6 heteroatoms. The van der Waals surface area contributed by atoms with Gasteiger partial charge in [-0.2, -0.15) is 0 Å². The maximum absolute atomic E-state index is 13.2. The van der Waals surface area contributed by atoms with E-state index in [1.165, 1.54) is 23.3 Å². The van der Waals surface area contributed by atoms with Gasteiger partial charge in [-0.05, 0) is 47.5 Å². The van der Waals surface area contributed by atoms with Crippen LogP contribution in [0.4, 0.5) is 10.1 Å². The molecule has 182 valence electrons. The zero-order valence-electron chi connectivity index (χ0n) is 20.2. The topological polar surface area (TPSA) is 30.0 Å². The molecule has 0 bridgehead atoms. The highest BCUT2D eigenvalue weighted by molar-refractivity contribution is 5.94. The average Bonchev–Trinajstić information content (AvgIpc) is 2.91. The number of carbonyl (C=O) groups is 1. The van der Waals surface area contributed by atoms with Gasteiger partial charge in [0, 0.05) is 76.7 Å². The number of rotatable bonds is 6. The molecule has 2 saturated heterocycles. The molecule has 0 N–H and O–H groups in total. The van der Waals surface area contributed by atoms with Crippen molar-refractivity contribution in [1.82, 2.24) is 14.7 Å². The lowest BCUT2D eigenvalue weighted by atomic mass is 10.1. The number of halogens is 1. The summed E-state index contributed by atoms with van der Waals surface area (Å²) in [4.78, 5) is 22.1. The van der Waals surface area contributed by atoms with Crippen LogP contribution in [0.15, 0.2) is 78.9 Å². The summed E-state index contributed by atoms with van der Waals surface area (Å²) < 4.78 is 13.2. The van der Waals surface area contributed by atoms with Gasteiger partial charge < -0.3 is 9.80 Å². The van der Waals surface area contributed by atoms with Crippen LogP contribution in [0, 0.1) is 5.82 Å². The van der Waals surface area contributed by atoms with Crippen LogP contribution >= 0.6 is 0 Å². The fraction of sp³-hybridized carbons (Fsp3) is 0.345. The summed E-state index contributed by atoms with van der Waals surface area (Å²) in [7, 11) is 0. The van der Waals surface area contributed by atoms with Gasteiger partial charge in [0.05, 0.1) is 0 Å². The third kappa shape index (κ3) is 6.08. The molecule has 35 heavy (non-hydrogen) atoms. The molecule has 0 atom stereocenters. The molecule has 2 heterocycles. The molecule has 0 saturated carbocycles. The molecule has 0 aromatic heterocycles. The van der Waals surface area contributed by atoms with Gasteiger partial charge in [-0.25, -0.2) is 4.39 Å². The summed E-state index contributed by atoms with van der Waals surface area (Å²) in [6.45, 7) is 9.07. The summed E-state index contributed by atoms with van der Waals surface area (Å²) in [5.41, 5.74) is 4.37. The zero-order valence-corrected chi connectivity index (χ0v) is 20.2. The molecular formula is C29H33FN4O. The highest BCUT2D eigenvalue weighted by Gasteiger charge is 2.23. The molecule has 2 aliphatic heterocycles. The minimum atomic E-state index is -0.226. The monoisotopic (exact) mass is 472 g/mol. The van der Waals surface area contributed by atoms with E-state index in [4.69, 9.17) is 0 Å². The first-order valence-corrected chi connectivity index (χ1v) is 12.5. The van der Waals surface area contributed by atoms with E-state index in [-0.39, 0.29) is 11.7 Å². The van der Waals surface area contributed by atoms with E-state index in [1.807, 2.05) is 17.0 Å². The lowest BCUT2D eigenvalue weighted by Crippen LogP contribution is -2.48. The Balaban J connectivity index is 1.08. The minimum Gasteiger partial charge on any atom is -0.368 e. The lowest BCUT2D eigenvalue weighted by molar-refractivity contribution is 0.0746. The van der Waals surface area contributed by atoms with Crippen molar-refractivity contribution in [3.8, 4) is 0 Å². The van der Waals surface area contributed by atoms with Crippen LogP contribution in [0.3, 0.4) is 0 Å². The van der Waals surface area contributed by atoms with Crippen molar-refractivity contribution >= 4 is 11.6 Å². The molecule has 1 amide bonds. The van der Waals surface area contributed by atoms with Gasteiger partial charge >= 0.3 is 0 Å². The van der Waals surface area contributed by atoms with E-state index in [0.717, 1.165) is 63.6 Å². The molecule has 0 spiro atoms. The standard InChI is InChI=1S/C29H33FN4O/c30-27-10-12-28(13-11-27)33-18-20-34(21-19-33)29(35)26-8-6-25(7-9-26)23-32-16-14-31(15-17-32)22-24-4-2-1-3-5-24/h1-13H,14-23H2. The summed E-state index contributed by atoms with van der Waals surface area (Å²) in [5.74, 6) is -0.138. The predicted molar refractivity (Wildman–Crippen MR) is 138 cm³/mol. The number of hydrogen-bond acceptors (Lipinski definition) is 4. The van der Waals surface area contributed by atoms with Crippen LogP contribution in [-0.4, -0.2) is 73.0 Å². The van der Waals surface area contributed by atoms with Crippen LogP contribution in [0.2, 0.25) is 0 Å². The van der Waals surface area contributed by atoms with Gasteiger partial charge in [0.1, 0.15) is 5.82 Å². The van der Waals surface area contributed by atoms with Crippen molar-refractivity contribution in [3.05, 3.63) is 101 Å². The van der Waals surface area contributed by atoms with Crippen molar-refractivity contribution in [1.29, 1.82) is 0 Å². The molecule has 5 rings (SSSR count). The minimum absolute atomic E-state index is 0.0878. The maximum Gasteiger partial charge on any atom is 0.253 e. The Labute approximate surface area is 207 Å². The number of carbonyl (C=O) groups excluding carboxylic acids is 1. The first-order chi connectivity index (χ1) is 17.1. The molecule has 5 nitrogen and oxygen atoms in total. The van der Waals surface area contributed by atoms with Gasteiger partial charge in [-0.3, -0.25) is 14.6 Å². The smallest absolute Gasteiger partial charge is 0.253 e. The second kappa shape index (κ2) is 11.0. The maximum atomic E-state index is 13.2. The molecule has 0 unspecified atom stereocenters. The van der Waals surface area contributed by atoms with Crippen LogP contribution in [0.1, 0.15) is 21.5 Å². The molecule has 3 aromatic carbocycles. The Hall–Kier alpha value is -3.22. The average molecular weight is 473 g/mol. The van der Waals surface area contributed by atoms with Gasteiger partial charge in [0.25, 0.3) is 5.91 Å². The quantitative estimate of drug-likeness (QED) is 0.540. The third-order valence-corrected chi connectivity index (χ3v) is 7.08. The van der Waals surface area contributed by atoms with E-state index in [1.54, 1.807) is 12.1 Å². The highest BCUT2D eigenvalue weighted by Crippen LogP contribution is 2.19. The number of amides is 1. The summed E-state index contributed by atoms with van der Waals surface area (Å²) in [5, 5.41) is 0. The molecule has 0 aliphatic carbocycles. The van der Waals surface area contributed by atoms with Crippen LogP contribution in [0.25, 0.3) is 0 Å². The van der Waals surface area contributed by atoms with Crippen molar-refractivity contribution in [2.24, 2.45) is 0 Å². The molecule has 3 aromatic rings. The Kier molecular flexibility index (Phi) is 7.40. The van der Waals surface area contributed by atoms with Gasteiger partial charge in [-0.1, -0.05) is 42.5 Å². The second-order valence-electron chi connectivity index (χ2n) is 9.49. The number of benzene rings is 3. The normalized spacial score (nSPS) is 17.5. The van der Waals surface area contributed by atoms with Crippen molar-refractivity contribution < 1.29 is 9.18 Å². The van der Waals surface area contributed by atoms with Crippen LogP contribution in [0.5, 0.6) is 0 Å². The van der Waals surface area contributed by atoms with Gasteiger partial charge in [-0.15, -0.1) is 0 Å². The Morgan fingerprint density at radius 1 is 0.629 bits per heavy atom. The van der Waals surface area contributed by atoms with Crippen LogP contribution in [-0.2, 0) is 13.1 Å². The SMILES string of the molecule is O=C(c1ccc(CN2CCN(Cc3ccccc3)CC2)cc1)N1CCN(c2ccc(F)cc2)CC1. The summed E-state index contributed by atoms with van der Waals surface area (Å²) in [6, 6.07) is 25.4. The largest absolute Gasteiger partial charge is 0.368 e. The van der Waals surface area contributed by atoms with E-state index >= 15 is 0 Å². The second-order valence-corrected chi connectivity index (χ2v) is 9.49. The number of anilines is 1. The Bertz CT molecular complexity index is 1090. The summed E-state index contributed by atoms with van der Waals surface area (Å²) in [6.07, 6.45) is 0. The highest BCUT2D eigenvalue weighted by atomic mass is 19.1. The van der Waals surface area contributed by atoms with E-state index < -0.39 is 0 Å². The first kappa shape index (κ1) is 23.5. The fourth-order valence-corrected chi connectivity index (χ4v) is 4.96. The number of nitrogens with zero attached hydrogens (tertiary/aromatic N) is 4. The number of hydrogen-bond donors (Lipinski definition) is 0. The molecule has 0 radical (unpaired) electrons.